The van der Waals surface area contributed by atoms with Crippen LogP contribution >= 0.6 is 33.1 Å². The zero-order chi connectivity index (χ0) is 22.0. The summed E-state index contributed by atoms with van der Waals surface area (Å²) in [5.41, 5.74) is 2.76. The first kappa shape index (κ1) is 20.6. The second-order valence-corrected chi connectivity index (χ2v) is 13.0. The molecule has 2 aliphatic rings. The predicted octanol–water partition coefficient (Wildman–Crippen LogP) is 9.39. The van der Waals surface area contributed by atoms with E-state index in [1.807, 2.05) is 0 Å². The summed E-state index contributed by atoms with van der Waals surface area (Å²) in [7, 11) is -0.649. The van der Waals surface area contributed by atoms with Crippen molar-refractivity contribution in [1.82, 2.24) is 0 Å². The molecule has 0 aliphatic carbocycles. The summed E-state index contributed by atoms with van der Waals surface area (Å²) in [6.07, 6.45) is 4.55. The molecular weight excluding hydrogens is 457 g/mol. The van der Waals surface area contributed by atoms with Crippen molar-refractivity contribution < 1.29 is 0 Å². The molecule has 0 spiro atoms. The molecule has 7 rings (SSSR count). The van der Waals surface area contributed by atoms with Crippen LogP contribution in [0.3, 0.4) is 0 Å². The quantitative estimate of drug-likeness (QED) is 0.231. The Labute approximate surface area is 204 Å². The summed E-state index contributed by atoms with van der Waals surface area (Å²) in [5.74, 6) is 0. The Morgan fingerprint density at radius 3 is 1.58 bits per heavy atom. The van der Waals surface area contributed by atoms with Gasteiger partial charge in [-0.15, -0.1) is 11.3 Å². The Bertz CT molecular complexity index is 1360. The van der Waals surface area contributed by atoms with E-state index in [-0.39, 0.29) is 21.8 Å². The summed E-state index contributed by atoms with van der Waals surface area (Å²) in [4.78, 5) is 5.86. The Kier molecular flexibility index (Phi) is 5.69. The molecule has 2 atom stereocenters. The number of rotatable bonds is 2. The van der Waals surface area contributed by atoms with E-state index in [0.717, 1.165) is 0 Å². The lowest BCUT2D eigenvalue weighted by Crippen LogP contribution is -1.84. The Balaban J connectivity index is 0.000000192. The van der Waals surface area contributed by atoms with Gasteiger partial charge >= 0.3 is 0 Å². The maximum atomic E-state index is 2.38. The monoisotopic (exact) mass is 480 g/mol. The fourth-order valence-electron chi connectivity index (χ4n) is 4.30. The second-order valence-electron chi connectivity index (χ2n) is 7.96. The zero-order valence-corrected chi connectivity index (χ0v) is 20.6. The number of hydrogen-bond acceptors (Lipinski definition) is 1. The maximum Gasteiger partial charge on any atom is 0.0342 e. The minimum atomic E-state index is -0.325. The standard InChI is InChI=1S/C22H18S2.C8H6S/c1-3-7-21-17(5-1)13-15-23(21)19-9-11-20(12-10-19)24-16-14-18-6-2-4-8-22(18)24;1-2-4-8-7(3-1)5-6-9-8/h1-16,23-24H;1-6H. The van der Waals surface area contributed by atoms with E-state index in [4.69, 9.17) is 0 Å². The Morgan fingerprint density at radius 1 is 0.485 bits per heavy atom. The SMILES string of the molecule is C1=C[SH](c2ccc([SH]3C=Cc4ccccc43)cc2)c2ccccc21.c1ccc2sccc2c1. The molecule has 1 aromatic heterocycles. The molecular formula is C30H24S3. The van der Waals surface area contributed by atoms with E-state index in [2.05, 4.69) is 131 Å². The number of fused-ring (bicyclic) bond motifs is 3. The smallest absolute Gasteiger partial charge is 0.0342 e. The average Bonchev–Trinajstić information content (AvgIpc) is 3.62. The molecule has 5 aromatic rings. The van der Waals surface area contributed by atoms with Crippen LogP contribution in [0.25, 0.3) is 22.2 Å². The van der Waals surface area contributed by atoms with E-state index in [9.17, 15) is 0 Å². The second kappa shape index (κ2) is 9.11. The van der Waals surface area contributed by atoms with Crippen molar-refractivity contribution in [3.63, 3.8) is 0 Å². The largest absolute Gasteiger partial charge is 0.179 e. The van der Waals surface area contributed by atoms with Crippen LogP contribution in [0.4, 0.5) is 0 Å². The average molecular weight is 481 g/mol. The lowest BCUT2D eigenvalue weighted by atomic mass is 10.2. The molecule has 3 heteroatoms. The molecule has 0 saturated carbocycles. The van der Waals surface area contributed by atoms with Crippen molar-refractivity contribution in [2.75, 3.05) is 0 Å². The highest BCUT2D eigenvalue weighted by Crippen LogP contribution is 2.55. The highest BCUT2D eigenvalue weighted by atomic mass is 32.2. The van der Waals surface area contributed by atoms with Gasteiger partial charge in [0.2, 0.25) is 0 Å². The van der Waals surface area contributed by atoms with Gasteiger partial charge in [-0.3, -0.25) is 0 Å². The van der Waals surface area contributed by atoms with Crippen LogP contribution in [-0.4, -0.2) is 0 Å². The van der Waals surface area contributed by atoms with Crippen molar-refractivity contribution in [3.8, 4) is 0 Å². The predicted molar refractivity (Wildman–Crippen MR) is 150 cm³/mol. The molecule has 2 unspecified atom stereocenters. The zero-order valence-electron chi connectivity index (χ0n) is 18.0. The topological polar surface area (TPSA) is 0 Å². The van der Waals surface area contributed by atoms with Gasteiger partial charge in [-0.05, 0) is 103 Å². The van der Waals surface area contributed by atoms with Crippen LogP contribution in [0.2, 0.25) is 0 Å². The minimum Gasteiger partial charge on any atom is -0.179 e. The molecule has 4 aromatic carbocycles. The molecule has 2 aliphatic heterocycles. The van der Waals surface area contributed by atoms with Crippen molar-refractivity contribution >= 4 is 55.4 Å². The maximum absolute atomic E-state index is 2.38. The van der Waals surface area contributed by atoms with E-state index in [1.165, 1.54) is 40.8 Å². The number of benzene rings is 4. The van der Waals surface area contributed by atoms with Gasteiger partial charge < -0.3 is 0 Å². The summed E-state index contributed by atoms with van der Waals surface area (Å²) >= 11 is 1.79. The highest BCUT2D eigenvalue weighted by Gasteiger charge is 2.17. The van der Waals surface area contributed by atoms with Crippen LogP contribution < -0.4 is 0 Å². The van der Waals surface area contributed by atoms with Crippen LogP contribution in [0, 0.1) is 0 Å². The van der Waals surface area contributed by atoms with Crippen molar-refractivity contribution in [2.24, 2.45) is 0 Å². The van der Waals surface area contributed by atoms with Gasteiger partial charge in [-0.2, -0.15) is 21.8 Å². The lowest BCUT2D eigenvalue weighted by Gasteiger charge is -2.19. The normalized spacial score (nSPS) is 19.6. The van der Waals surface area contributed by atoms with Gasteiger partial charge in [-0.25, -0.2) is 0 Å². The molecule has 0 bridgehead atoms. The Hall–Kier alpha value is -2.98. The third-order valence-electron chi connectivity index (χ3n) is 5.97. The van der Waals surface area contributed by atoms with Crippen molar-refractivity contribution in [3.05, 3.63) is 130 Å². The van der Waals surface area contributed by atoms with Gasteiger partial charge in [0, 0.05) is 14.5 Å². The van der Waals surface area contributed by atoms with E-state index in [0.29, 0.717) is 0 Å². The van der Waals surface area contributed by atoms with Gasteiger partial charge in [0.25, 0.3) is 0 Å². The minimum absolute atomic E-state index is 0.325. The summed E-state index contributed by atoms with van der Waals surface area (Å²) in [6.45, 7) is 0. The molecule has 0 nitrogen and oxygen atoms in total. The fourth-order valence-corrected chi connectivity index (χ4v) is 9.22. The van der Waals surface area contributed by atoms with Crippen molar-refractivity contribution in [1.29, 1.82) is 0 Å². The molecule has 0 amide bonds. The van der Waals surface area contributed by atoms with Crippen molar-refractivity contribution in [2.45, 2.75) is 19.6 Å². The molecule has 3 heterocycles. The molecule has 0 fully saturated rings. The first-order chi connectivity index (χ1) is 16.4. The number of hydrogen-bond donors (Lipinski definition) is 2. The Morgan fingerprint density at radius 2 is 1.00 bits per heavy atom. The van der Waals surface area contributed by atoms with E-state index in [1.54, 1.807) is 11.3 Å². The van der Waals surface area contributed by atoms with Crippen LogP contribution in [0.1, 0.15) is 11.1 Å². The van der Waals surface area contributed by atoms with Gasteiger partial charge in [-0.1, -0.05) is 54.6 Å². The number of thiol groups is 2. The van der Waals surface area contributed by atoms with Gasteiger partial charge in [0.1, 0.15) is 0 Å². The first-order valence-electron chi connectivity index (χ1n) is 11.0. The highest BCUT2D eigenvalue weighted by molar-refractivity contribution is 8.20. The molecule has 0 radical (unpaired) electrons. The summed E-state index contributed by atoms with van der Waals surface area (Å²) in [6, 6.07) is 37.4. The summed E-state index contributed by atoms with van der Waals surface area (Å²) in [5, 5.41) is 8.23. The lowest BCUT2D eigenvalue weighted by molar-refractivity contribution is 1.32. The fraction of sp³-hybridized carbons (Fsp3) is 0. The first-order valence-corrected chi connectivity index (χ1v) is 14.7. The molecule has 0 N–H and O–H groups in total. The summed E-state index contributed by atoms with van der Waals surface area (Å²) < 4.78 is 1.37. The molecule has 0 saturated heterocycles. The molecule has 33 heavy (non-hydrogen) atoms. The van der Waals surface area contributed by atoms with E-state index < -0.39 is 0 Å². The van der Waals surface area contributed by atoms with Gasteiger partial charge in [0.05, 0.1) is 0 Å². The third kappa shape index (κ3) is 4.08. The number of thiophene rings is 1. The third-order valence-corrected chi connectivity index (χ3v) is 11.3. The van der Waals surface area contributed by atoms with Crippen LogP contribution in [0.5, 0.6) is 0 Å². The van der Waals surface area contributed by atoms with Crippen LogP contribution in [-0.2, 0) is 0 Å². The molecule has 162 valence electrons. The van der Waals surface area contributed by atoms with Crippen LogP contribution in [0.15, 0.2) is 139 Å². The van der Waals surface area contributed by atoms with Gasteiger partial charge in [0.15, 0.2) is 0 Å². The van der Waals surface area contributed by atoms with E-state index >= 15 is 0 Å².